The van der Waals surface area contributed by atoms with Crippen molar-refractivity contribution in [3.8, 4) is 0 Å². The first-order chi connectivity index (χ1) is 8.09. The monoisotopic (exact) mass is 251 g/mol. The second-order valence-electron chi connectivity index (χ2n) is 5.10. The lowest BCUT2D eigenvalue weighted by Crippen LogP contribution is -2.33. The Kier molecular flexibility index (Phi) is 4.00. The molecular weight excluding hydrogens is 230 g/mol. The summed E-state index contributed by atoms with van der Waals surface area (Å²) >= 11 is 1.76. The highest BCUT2D eigenvalue weighted by molar-refractivity contribution is 7.99. The van der Waals surface area contributed by atoms with E-state index in [1.54, 1.807) is 11.8 Å². The van der Waals surface area contributed by atoms with Crippen LogP contribution in [-0.2, 0) is 0 Å². The van der Waals surface area contributed by atoms with Crippen LogP contribution in [0.1, 0.15) is 37.7 Å². The number of aliphatic hydroxyl groups is 1. The van der Waals surface area contributed by atoms with Crippen LogP contribution < -0.4 is 5.73 Å². The molecule has 0 spiro atoms. The Bertz CT molecular complexity index is 386. The fourth-order valence-corrected chi connectivity index (χ4v) is 3.56. The van der Waals surface area contributed by atoms with Gasteiger partial charge in [-0.3, -0.25) is 0 Å². The maximum atomic E-state index is 10.4. The molecule has 1 fully saturated rings. The fourth-order valence-electron chi connectivity index (χ4n) is 2.40. The number of thioether (sulfide) groups is 1. The molecule has 3 heteroatoms. The first-order valence-electron chi connectivity index (χ1n) is 6.30. The van der Waals surface area contributed by atoms with E-state index in [9.17, 15) is 5.11 Å². The third-order valence-corrected chi connectivity index (χ3v) is 4.93. The highest BCUT2D eigenvalue weighted by Crippen LogP contribution is 2.34. The molecule has 0 atom stereocenters. The lowest BCUT2D eigenvalue weighted by Gasteiger charge is -2.31. The van der Waals surface area contributed by atoms with Crippen molar-refractivity contribution in [1.82, 2.24) is 0 Å². The molecule has 2 nitrogen and oxygen atoms in total. The number of rotatable bonds is 3. The zero-order chi connectivity index (χ0) is 12.3. The highest BCUT2D eigenvalue weighted by atomic mass is 32.2. The predicted molar refractivity (Wildman–Crippen MR) is 74.4 cm³/mol. The van der Waals surface area contributed by atoms with Crippen LogP contribution >= 0.6 is 11.8 Å². The molecular formula is C14H21NOS. The van der Waals surface area contributed by atoms with E-state index in [1.807, 2.05) is 12.1 Å². The van der Waals surface area contributed by atoms with Gasteiger partial charge in [0.1, 0.15) is 0 Å². The molecule has 0 bridgehead atoms. The minimum absolute atomic E-state index is 0.448. The standard InChI is InChI=1S/C14H21NOS/c1-11-9-12(15)5-6-13(11)17-10-14(16)7-3-2-4-8-14/h5-6,9,16H,2-4,7-8,10,15H2,1H3. The number of hydrogen-bond donors (Lipinski definition) is 2. The van der Waals surface area contributed by atoms with E-state index >= 15 is 0 Å². The number of hydrogen-bond acceptors (Lipinski definition) is 3. The van der Waals surface area contributed by atoms with Crippen LogP contribution in [0.2, 0.25) is 0 Å². The second-order valence-corrected chi connectivity index (χ2v) is 6.12. The maximum Gasteiger partial charge on any atom is 0.0741 e. The zero-order valence-corrected chi connectivity index (χ0v) is 11.2. The third kappa shape index (κ3) is 3.39. The lowest BCUT2D eigenvalue weighted by atomic mass is 9.86. The zero-order valence-electron chi connectivity index (χ0n) is 10.4. The molecule has 0 aromatic heterocycles. The van der Waals surface area contributed by atoms with Crippen LogP contribution in [0.5, 0.6) is 0 Å². The summed E-state index contributed by atoms with van der Waals surface area (Å²) in [5, 5.41) is 10.4. The Morgan fingerprint density at radius 2 is 2.00 bits per heavy atom. The summed E-state index contributed by atoms with van der Waals surface area (Å²) in [7, 11) is 0. The minimum atomic E-state index is -0.448. The van der Waals surface area contributed by atoms with Crippen molar-refractivity contribution in [2.45, 2.75) is 49.5 Å². The van der Waals surface area contributed by atoms with E-state index in [4.69, 9.17) is 5.73 Å². The fraction of sp³-hybridized carbons (Fsp3) is 0.571. The average molecular weight is 251 g/mol. The van der Waals surface area contributed by atoms with Gasteiger partial charge in [0, 0.05) is 16.3 Å². The van der Waals surface area contributed by atoms with Gasteiger partial charge in [-0.05, 0) is 43.5 Å². The normalized spacial score (nSPS) is 19.2. The van der Waals surface area contributed by atoms with Gasteiger partial charge in [-0.2, -0.15) is 0 Å². The van der Waals surface area contributed by atoms with Gasteiger partial charge in [0.25, 0.3) is 0 Å². The van der Waals surface area contributed by atoms with Gasteiger partial charge in [-0.15, -0.1) is 11.8 Å². The van der Waals surface area contributed by atoms with Gasteiger partial charge in [0.15, 0.2) is 0 Å². The molecule has 94 valence electrons. The molecule has 1 aliphatic rings. The van der Waals surface area contributed by atoms with Gasteiger partial charge in [0.05, 0.1) is 5.60 Å². The van der Waals surface area contributed by atoms with E-state index in [-0.39, 0.29) is 0 Å². The van der Waals surface area contributed by atoms with Crippen molar-refractivity contribution in [2.24, 2.45) is 0 Å². The van der Waals surface area contributed by atoms with Crippen LogP contribution in [0.3, 0.4) is 0 Å². The molecule has 1 aromatic carbocycles. The smallest absolute Gasteiger partial charge is 0.0741 e. The maximum absolute atomic E-state index is 10.4. The van der Waals surface area contributed by atoms with Crippen LogP contribution in [-0.4, -0.2) is 16.5 Å². The Balaban J connectivity index is 1.97. The van der Waals surface area contributed by atoms with Crippen molar-refractivity contribution < 1.29 is 5.11 Å². The van der Waals surface area contributed by atoms with E-state index in [0.29, 0.717) is 0 Å². The summed E-state index contributed by atoms with van der Waals surface area (Å²) in [6, 6.07) is 5.98. The summed E-state index contributed by atoms with van der Waals surface area (Å²) in [5.41, 5.74) is 7.30. The minimum Gasteiger partial charge on any atom is -0.399 e. The summed E-state index contributed by atoms with van der Waals surface area (Å²) in [4.78, 5) is 1.23. The molecule has 17 heavy (non-hydrogen) atoms. The molecule has 0 radical (unpaired) electrons. The predicted octanol–water partition coefficient (Wildman–Crippen LogP) is 3.36. The Hall–Kier alpha value is -0.670. The number of benzene rings is 1. The highest BCUT2D eigenvalue weighted by Gasteiger charge is 2.29. The summed E-state index contributed by atoms with van der Waals surface area (Å²) in [6.07, 6.45) is 5.51. The van der Waals surface area contributed by atoms with Crippen molar-refractivity contribution in [3.63, 3.8) is 0 Å². The summed E-state index contributed by atoms with van der Waals surface area (Å²) in [6.45, 7) is 2.07. The van der Waals surface area contributed by atoms with Gasteiger partial charge >= 0.3 is 0 Å². The summed E-state index contributed by atoms with van der Waals surface area (Å²) in [5.74, 6) is 0.803. The Morgan fingerprint density at radius 1 is 1.29 bits per heavy atom. The molecule has 1 aromatic rings. The lowest BCUT2D eigenvalue weighted by molar-refractivity contribution is 0.0273. The van der Waals surface area contributed by atoms with Crippen molar-refractivity contribution in [1.29, 1.82) is 0 Å². The Labute approximate surface area is 108 Å². The molecule has 0 aliphatic heterocycles. The number of anilines is 1. The molecule has 3 N–H and O–H groups in total. The van der Waals surface area contributed by atoms with Gasteiger partial charge in [0.2, 0.25) is 0 Å². The molecule has 0 heterocycles. The van der Waals surface area contributed by atoms with Crippen LogP contribution in [0.15, 0.2) is 23.1 Å². The molecule has 1 saturated carbocycles. The number of aryl methyl sites for hydroxylation is 1. The number of nitrogens with two attached hydrogens (primary N) is 1. The van der Waals surface area contributed by atoms with Gasteiger partial charge in [-0.1, -0.05) is 19.3 Å². The second kappa shape index (κ2) is 5.32. The van der Waals surface area contributed by atoms with E-state index in [1.165, 1.54) is 16.9 Å². The van der Waals surface area contributed by atoms with Gasteiger partial charge < -0.3 is 10.8 Å². The Morgan fingerprint density at radius 3 is 2.65 bits per heavy atom. The SMILES string of the molecule is Cc1cc(N)ccc1SCC1(O)CCCCC1. The van der Waals surface area contributed by atoms with Gasteiger partial charge in [-0.25, -0.2) is 0 Å². The van der Waals surface area contributed by atoms with Crippen molar-refractivity contribution >= 4 is 17.4 Å². The topological polar surface area (TPSA) is 46.2 Å². The van der Waals surface area contributed by atoms with Crippen LogP contribution in [0.4, 0.5) is 5.69 Å². The average Bonchev–Trinajstić information content (AvgIpc) is 2.29. The largest absolute Gasteiger partial charge is 0.399 e. The first-order valence-corrected chi connectivity index (χ1v) is 7.29. The molecule has 0 saturated heterocycles. The molecule has 2 rings (SSSR count). The van der Waals surface area contributed by atoms with E-state index in [0.717, 1.165) is 37.1 Å². The van der Waals surface area contributed by atoms with Crippen LogP contribution in [0, 0.1) is 6.92 Å². The quantitative estimate of drug-likeness (QED) is 0.639. The molecule has 0 amide bonds. The van der Waals surface area contributed by atoms with Crippen LogP contribution in [0.25, 0.3) is 0 Å². The molecule has 0 unspecified atom stereocenters. The van der Waals surface area contributed by atoms with E-state index < -0.39 is 5.60 Å². The summed E-state index contributed by atoms with van der Waals surface area (Å²) < 4.78 is 0. The van der Waals surface area contributed by atoms with Crippen molar-refractivity contribution in [2.75, 3.05) is 11.5 Å². The third-order valence-electron chi connectivity index (χ3n) is 3.48. The van der Waals surface area contributed by atoms with E-state index in [2.05, 4.69) is 13.0 Å². The van der Waals surface area contributed by atoms with Crippen molar-refractivity contribution in [3.05, 3.63) is 23.8 Å². The molecule has 1 aliphatic carbocycles. The number of nitrogen functional groups attached to an aromatic ring is 1. The first kappa shape index (κ1) is 12.8.